The summed E-state index contributed by atoms with van der Waals surface area (Å²) in [7, 11) is 0. The maximum atomic E-state index is 11.4. The van der Waals surface area contributed by atoms with Gasteiger partial charge in [-0.05, 0) is 32.1 Å². The second-order valence-corrected chi connectivity index (χ2v) is 3.87. The zero-order chi connectivity index (χ0) is 13.5. The maximum absolute atomic E-state index is 11.4. The largest absolute Gasteiger partial charge is 0.478 e. The van der Waals surface area contributed by atoms with Gasteiger partial charge in [0.1, 0.15) is 5.82 Å². The summed E-state index contributed by atoms with van der Waals surface area (Å²) in [5, 5.41) is 13.7. The molecule has 0 saturated heterocycles. The summed E-state index contributed by atoms with van der Waals surface area (Å²) < 4.78 is 0. The Balaban J connectivity index is 2.70. The molecule has 6 nitrogen and oxygen atoms in total. The number of anilines is 1. The Morgan fingerprint density at radius 2 is 2.11 bits per heavy atom. The molecular weight excluding hydrogens is 234 g/mol. The van der Waals surface area contributed by atoms with Crippen LogP contribution < -0.4 is 10.6 Å². The van der Waals surface area contributed by atoms with Crippen molar-refractivity contribution in [1.29, 1.82) is 0 Å². The van der Waals surface area contributed by atoms with Crippen LogP contribution in [-0.2, 0) is 4.79 Å². The van der Waals surface area contributed by atoms with Gasteiger partial charge < -0.3 is 10.4 Å². The summed E-state index contributed by atoms with van der Waals surface area (Å²) in [4.78, 5) is 25.9. The molecule has 6 heteroatoms. The molecule has 96 valence electrons. The molecule has 0 aliphatic rings. The van der Waals surface area contributed by atoms with E-state index in [9.17, 15) is 9.59 Å². The van der Waals surface area contributed by atoms with E-state index in [2.05, 4.69) is 15.6 Å². The van der Waals surface area contributed by atoms with Gasteiger partial charge in [0, 0.05) is 12.1 Å². The van der Waals surface area contributed by atoms with Gasteiger partial charge in [-0.3, -0.25) is 5.32 Å². The molecule has 1 rings (SSSR count). The van der Waals surface area contributed by atoms with Crippen LogP contribution in [0, 0.1) is 0 Å². The van der Waals surface area contributed by atoms with Crippen LogP contribution in [0.5, 0.6) is 0 Å². The lowest BCUT2D eigenvalue weighted by molar-refractivity contribution is -0.131. The Bertz CT molecular complexity index is 469. The van der Waals surface area contributed by atoms with E-state index in [0.29, 0.717) is 11.5 Å². The molecule has 3 N–H and O–H groups in total. The molecule has 0 bridgehead atoms. The summed E-state index contributed by atoms with van der Waals surface area (Å²) >= 11 is 0. The Hall–Kier alpha value is -2.37. The zero-order valence-electron chi connectivity index (χ0n) is 10.2. The highest BCUT2D eigenvalue weighted by Crippen LogP contribution is 2.06. The molecule has 0 aliphatic carbocycles. The minimum atomic E-state index is -1.05. The first-order valence-corrected chi connectivity index (χ1v) is 5.43. The average Bonchev–Trinajstić information content (AvgIpc) is 2.25. The van der Waals surface area contributed by atoms with Crippen LogP contribution in [-0.4, -0.2) is 28.1 Å². The molecule has 2 amide bonds. The van der Waals surface area contributed by atoms with Crippen LogP contribution in [0.15, 0.2) is 24.3 Å². The molecular formula is C12H15N3O3. The van der Waals surface area contributed by atoms with Crippen molar-refractivity contribution in [1.82, 2.24) is 10.3 Å². The van der Waals surface area contributed by atoms with Crippen molar-refractivity contribution in [3.05, 3.63) is 30.0 Å². The molecule has 0 saturated carbocycles. The number of carboxylic acid groups (broad SMARTS) is 1. The van der Waals surface area contributed by atoms with Crippen molar-refractivity contribution in [2.45, 2.75) is 19.9 Å². The smallest absolute Gasteiger partial charge is 0.328 e. The molecule has 1 aromatic heterocycles. The molecule has 0 spiro atoms. The number of urea groups is 1. The predicted octanol–water partition coefficient (Wildman–Crippen LogP) is 1.71. The summed E-state index contributed by atoms with van der Waals surface area (Å²) in [6.07, 6.45) is 2.34. The molecule has 0 fully saturated rings. The summed E-state index contributed by atoms with van der Waals surface area (Å²) in [6.45, 7) is 3.69. The van der Waals surface area contributed by atoms with E-state index in [1.807, 2.05) is 13.8 Å². The Kier molecular flexibility index (Phi) is 4.86. The van der Waals surface area contributed by atoms with Crippen molar-refractivity contribution in [3.63, 3.8) is 0 Å². The fraction of sp³-hybridized carbons (Fsp3) is 0.250. The molecule has 1 heterocycles. The van der Waals surface area contributed by atoms with Crippen molar-refractivity contribution in [2.24, 2.45) is 0 Å². The number of nitrogens with zero attached hydrogens (tertiary/aromatic N) is 1. The fourth-order valence-corrected chi connectivity index (χ4v) is 1.19. The minimum Gasteiger partial charge on any atom is -0.478 e. The van der Waals surface area contributed by atoms with Crippen molar-refractivity contribution in [2.75, 3.05) is 5.32 Å². The van der Waals surface area contributed by atoms with Gasteiger partial charge in [-0.1, -0.05) is 6.07 Å². The van der Waals surface area contributed by atoms with Gasteiger partial charge in [-0.25, -0.2) is 14.6 Å². The van der Waals surface area contributed by atoms with Gasteiger partial charge in [-0.2, -0.15) is 0 Å². The number of rotatable bonds is 4. The standard InChI is InChI=1S/C12H15N3O3/c1-8(2)13-12(18)15-10-5-3-4-9(14-10)6-7-11(16)17/h3-8H,1-2H3,(H,16,17)(H2,13,14,15,18). The average molecular weight is 249 g/mol. The third-order valence-corrected chi connectivity index (χ3v) is 1.83. The second-order valence-electron chi connectivity index (χ2n) is 3.87. The highest BCUT2D eigenvalue weighted by molar-refractivity contribution is 5.88. The number of hydrogen-bond donors (Lipinski definition) is 3. The molecule has 18 heavy (non-hydrogen) atoms. The number of nitrogens with one attached hydrogen (secondary N) is 2. The van der Waals surface area contributed by atoms with Crippen LogP contribution in [0.4, 0.5) is 10.6 Å². The van der Waals surface area contributed by atoms with E-state index in [0.717, 1.165) is 6.08 Å². The molecule has 0 atom stereocenters. The van der Waals surface area contributed by atoms with Crippen LogP contribution in [0.1, 0.15) is 19.5 Å². The summed E-state index contributed by atoms with van der Waals surface area (Å²) in [5.41, 5.74) is 0.458. The fourth-order valence-electron chi connectivity index (χ4n) is 1.19. The number of pyridine rings is 1. The third-order valence-electron chi connectivity index (χ3n) is 1.83. The van der Waals surface area contributed by atoms with E-state index in [1.165, 1.54) is 6.08 Å². The molecule has 0 radical (unpaired) electrons. The number of carboxylic acids is 1. The van der Waals surface area contributed by atoms with Gasteiger partial charge in [0.2, 0.25) is 0 Å². The van der Waals surface area contributed by atoms with Crippen molar-refractivity contribution >= 4 is 23.9 Å². The molecule has 0 aromatic carbocycles. The van der Waals surface area contributed by atoms with Crippen molar-refractivity contribution < 1.29 is 14.7 Å². The van der Waals surface area contributed by atoms with E-state index in [4.69, 9.17) is 5.11 Å². The van der Waals surface area contributed by atoms with Gasteiger partial charge in [-0.15, -0.1) is 0 Å². The molecule has 0 unspecified atom stereocenters. The van der Waals surface area contributed by atoms with E-state index in [1.54, 1.807) is 18.2 Å². The summed E-state index contributed by atoms with van der Waals surface area (Å²) in [5.74, 6) is -0.687. The molecule has 1 aromatic rings. The first-order chi connectivity index (χ1) is 8.47. The van der Waals surface area contributed by atoms with E-state index >= 15 is 0 Å². The SMILES string of the molecule is CC(C)NC(=O)Nc1cccc(C=CC(=O)O)n1. The van der Waals surface area contributed by atoms with E-state index in [-0.39, 0.29) is 12.1 Å². The highest BCUT2D eigenvalue weighted by atomic mass is 16.4. The molecule has 0 aliphatic heterocycles. The normalized spacial score (nSPS) is 10.6. The Labute approximate surface area is 105 Å². The number of carbonyl (C=O) groups excluding carboxylic acids is 1. The van der Waals surface area contributed by atoms with Crippen LogP contribution in [0.25, 0.3) is 6.08 Å². The number of carbonyl (C=O) groups is 2. The van der Waals surface area contributed by atoms with Crippen LogP contribution in [0.2, 0.25) is 0 Å². The Morgan fingerprint density at radius 3 is 2.72 bits per heavy atom. The van der Waals surface area contributed by atoms with Gasteiger partial charge in [0.25, 0.3) is 0 Å². The number of hydrogen-bond acceptors (Lipinski definition) is 3. The lowest BCUT2D eigenvalue weighted by Crippen LogP contribution is -2.34. The van der Waals surface area contributed by atoms with Crippen LogP contribution in [0.3, 0.4) is 0 Å². The first-order valence-electron chi connectivity index (χ1n) is 5.43. The van der Waals surface area contributed by atoms with E-state index < -0.39 is 5.97 Å². The van der Waals surface area contributed by atoms with Gasteiger partial charge in [0.15, 0.2) is 0 Å². The Morgan fingerprint density at radius 1 is 1.39 bits per heavy atom. The van der Waals surface area contributed by atoms with Crippen LogP contribution >= 0.6 is 0 Å². The monoisotopic (exact) mass is 249 g/mol. The second kappa shape index (κ2) is 6.39. The predicted molar refractivity (Wildman–Crippen MR) is 68.2 cm³/mol. The van der Waals surface area contributed by atoms with Crippen molar-refractivity contribution in [3.8, 4) is 0 Å². The number of aromatic nitrogens is 1. The quantitative estimate of drug-likeness (QED) is 0.708. The topological polar surface area (TPSA) is 91.3 Å². The maximum Gasteiger partial charge on any atom is 0.328 e. The van der Waals surface area contributed by atoms with Gasteiger partial charge in [0.05, 0.1) is 5.69 Å². The van der Waals surface area contributed by atoms with Gasteiger partial charge >= 0.3 is 12.0 Å². The minimum absolute atomic E-state index is 0.0279. The highest BCUT2D eigenvalue weighted by Gasteiger charge is 2.04. The third kappa shape index (κ3) is 5.11. The number of aliphatic carboxylic acids is 1. The number of amides is 2. The first kappa shape index (κ1) is 13.7. The lowest BCUT2D eigenvalue weighted by atomic mass is 10.3. The summed E-state index contributed by atoms with van der Waals surface area (Å²) in [6, 6.07) is 4.62. The zero-order valence-corrected chi connectivity index (χ0v) is 10.2. The lowest BCUT2D eigenvalue weighted by Gasteiger charge is -2.09.